The van der Waals surface area contributed by atoms with Gasteiger partial charge in [0.15, 0.2) is 5.69 Å². The van der Waals surface area contributed by atoms with E-state index in [-0.39, 0.29) is 0 Å². The van der Waals surface area contributed by atoms with E-state index in [0.717, 1.165) is 22.0 Å². The Hall–Kier alpha value is -1.75. The summed E-state index contributed by atoms with van der Waals surface area (Å²) >= 11 is 1.42. The predicted octanol–water partition coefficient (Wildman–Crippen LogP) is 2.61. The van der Waals surface area contributed by atoms with Gasteiger partial charge in [-0.1, -0.05) is 0 Å². The van der Waals surface area contributed by atoms with Crippen molar-refractivity contribution in [3.05, 3.63) is 34.6 Å². The molecule has 0 aliphatic carbocycles. The van der Waals surface area contributed by atoms with Crippen molar-refractivity contribution in [3.8, 4) is 10.6 Å². The van der Waals surface area contributed by atoms with Gasteiger partial charge < -0.3 is 4.74 Å². The third-order valence-electron chi connectivity index (χ3n) is 2.23. The molecule has 17 heavy (non-hydrogen) atoms. The van der Waals surface area contributed by atoms with Gasteiger partial charge in [-0.2, -0.15) is 0 Å². The van der Waals surface area contributed by atoms with E-state index in [1.165, 1.54) is 18.4 Å². The Morgan fingerprint density at radius 1 is 1.24 bits per heavy atom. The fraction of sp³-hybridized carbons (Fsp3) is 0.250. The second-order valence-electron chi connectivity index (χ2n) is 3.67. The second kappa shape index (κ2) is 4.63. The third-order valence-corrected chi connectivity index (χ3v) is 3.12. The Bertz CT molecular complexity index is 543. The van der Waals surface area contributed by atoms with Crippen LogP contribution in [0.4, 0.5) is 0 Å². The minimum absolute atomic E-state index is 0.347. The van der Waals surface area contributed by atoms with Gasteiger partial charge in [-0.05, 0) is 26.0 Å². The van der Waals surface area contributed by atoms with Gasteiger partial charge in [0.25, 0.3) is 0 Å². The first-order valence-corrected chi connectivity index (χ1v) is 5.97. The number of methoxy groups -OCH3 is 1. The van der Waals surface area contributed by atoms with Crippen LogP contribution in [-0.4, -0.2) is 23.0 Å². The first kappa shape index (κ1) is 11.7. The summed E-state index contributed by atoms with van der Waals surface area (Å²) in [6.45, 7) is 3.87. The minimum Gasteiger partial charge on any atom is -0.464 e. The van der Waals surface area contributed by atoms with E-state index in [2.05, 4.69) is 14.7 Å². The normalized spacial score (nSPS) is 10.3. The first-order chi connectivity index (χ1) is 8.10. The zero-order valence-corrected chi connectivity index (χ0v) is 10.7. The number of ether oxygens (including phenoxy) is 1. The van der Waals surface area contributed by atoms with E-state index in [9.17, 15) is 4.79 Å². The van der Waals surface area contributed by atoms with Gasteiger partial charge in [0.2, 0.25) is 0 Å². The number of aromatic nitrogens is 2. The highest BCUT2D eigenvalue weighted by Crippen LogP contribution is 2.24. The molecule has 5 heteroatoms. The van der Waals surface area contributed by atoms with E-state index in [1.807, 2.05) is 26.0 Å². The number of hydrogen-bond acceptors (Lipinski definition) is 5. The molecule has 88 valence electrons. The van der Waals surface area contributed by atoms with Crippen LogP contribution in [-0.2, 0) is 4.74 Å². The van der Waals surface area contributed by atoms with Crippen molar-refractivity contribution >= 4 is 17.3 Å². The molecule has 4 nitrogen and oxygen atoms in total. The van der Waals surface area contributed by atoms with Crippen LogP contribution in [0.1, 0.15) is 21.9 Å². The Morgan fingerprint density at radius 3 is 2.47 bits per heavy atom. The largest absolute Gasteiger partial charge is 0.464 e. The zero-order chi connectivity index (χ0) is 12.4. The smallest absolute Gasteiger partial charge is 0.357 e. The number of thiazole rings is 1. The Balaban J connectivity index is 2.40. The first-order valence-electron chi connectivity index (χ1n) is 5.09. The molecule has 0 radical (unpaired) electrons. The SMILES string of the molecule is COC(=O)c1csc(-c2cc(C)nc(C)c2)n1. The molecule has 0 amide bonds. The Kier molecular flexibility index (Phi) is 3.19. The summed E-state index contributed by atoms with van der Waals surface area (Å²) < 4.78 is 4.63. The molecule has 2 aromatic heterocycles. The van der Waals surface area contributed by atoms with Crippen LogP contribution in [0.2, 0.25) is 0 Å². The summed E-state index contributed by atoms with van der Waals surface area (Å²) in [5.74, 6) is -0.407. The molecule has 0 aromatic carbocycles. The molecular weight excluding hydrogens is 236 g/mol. The van der Waals surface area contributed by atoms with Crippen LogP contribution >= 0.6 is 11.3 Å². The maximum absolute atomic E-state index is 11.3. The highest BCUT2D eigenvalue weighted by atomic mass is 32.1. The van der Waals surface area contributed by atoms with Gasteiger partial charge in [0.05, 0.1) is 7.11 Å². The average Bonchev–Trinajstić information content (AvgIpc) is 2.76. The summed E-state index contributed by atoms with van der Waals surface area (Å²) in [6.07, 6.45) is 0. The number of nitrogens with zero attached hydrogens (tertiary/aromatic N) is 2. The van der Waals surface area contributed by atoms with Gasteiger partial charge >= 0.3 is 5.97 Å². The fourth-order valence-electron chi connectivity index (χ4n) is 1.56. The standard InChI is InChI=1S/C12H12N2O2S/c1-7-4-9(5-8(2)13-7)11-14-10(6-17-11)12(15)16-3/h4-6H,1-3H3. The van der Waals surface area contributed by atoms with Gasteiger partial charge in [0.1, 0.15) is 5.01 Å². The molecule has 2 rings (SSSR count). The maximum atomic E-state index is 11.3. The van der Waals surface area contributed by atoms with Crippen LogP contribution < -0.4 is 0 Å². The van der Waals surface area contributed by atoms with Crippen molar-refractivity contribution in [2.24, 2.45) is 0 Å². The highest BCUT2D eigenvalue weighted by Gasteiger charge is 2.12. The van der Waals surface area contributed by atoms with Gasteiger partial charge in [-0.3, -0.25) is 4.98 Å². The molecule has 0 unspecified atom stereocenters. The number of rotatable bonds is 2. The molecule has 0 spiro atoms. The fourth-order valence-corrected chi connectivity index (χ4v) is 2.34. The van der Waals surface area contributed by atoms with Crippen molar-refractivity contribution in [2.45, 2.75) is 13.8 Å². The Morgan fingerprint density at radius 2 is 1.88 bits per heavy atom. The number of esters is 1. The summed E-state index contributed by atoms with van der Waals surface area (Å²) in [6, 6.07) is 3.90. The number of pyridine rings is 1. The molecule has 0 aliphatic heterocycles. The number of hydrogen-bond donors (Lipinski definition) is 0. The van der Waals surface area contributed by atoms with E-state index in [0.29, 0.717) is 5.69 Å². The lowest BCUT2D eigenvalue weighted by molar-refractivity contribution is 0.0595. The van der Waals surface area contributed by atoms with Crippen molar-refractivity contribution in [2.75, 3.05) is 7.11 Å². The molecule has 2 aromatic rings. The minimum atomic E-state index is -0.407. The molecule has 0 saturated carbocycles. The van der Waals surface area contributed by atoms with Gasteiger partial charge in [0, 0.05) is 22.3 Å². The van der Waals surface area contributed by atoms with Gasteiger partial charge in [-0.15, -0.1) is 11.3 Å². The third kappa shape index (κ3) is 2.50. The highest BCUT2D eigenvalue weighted by molar-refractivity contribution is 7.13. The van der Waals surface area contributed by atoms with E-state index < -0.39 is 5.97 Å². The maximum Gasteiger partial charge on any atom is 0.357 e. The molecule has 0 atom stereocenters. The van der Waals surface area contributed by atoms with E-state index in [1.54, 1.807) is 5.38 Å². The van der Waals surface area contributed by atoms with Crippen molar-refractivity contribution in [1.82, 2.24) is 9.97 Å². The summed E-state index contributed by atoms with van der Waals surface area (Å²) in [4.78, 5) is 19.9. The lowest BCUT2D eigenvalue weighted by atomic mass is 10.2. The van der Waals surface area contributed by atoms with Crippen molar-refractivity contribution in [3.63, 3.8) is 0 Å². The lowest BCUT2D eigenvalue weighted by Gasteiger charge is -2.00. The Labute approximate surface area is 103 Å². The van der Waals surface area contributed by atoms with Crippen LogP contribution in [0, 0.1) is 13.8 Å². The monoisotopic (exact) mass is 248 g/mol. The molecular formula is C12H12N2O2S. The van der Waals surface area contributed by atoms with Crippen LogP contribution in [0.5, 0.6) is 0 Å². The summed E-state index contributed by atoms with van der Waals surface area (Å²) in [5.41, 5.74) is 3.21. The number of carbonyl (C=O) groups excluding carboxylic acids is 1. The molecule has 0 bridgehead atoms. The van der Waals surface area contributed by atoms with E-state index >= 15 is 0 Å². The summed E-state index contributed by atoms with van der Waals surface area (Å²) in [5, 5.41) is 2.51. The van der Waals surface area contributed by atoms with Crippen molar-refractivity contribution < 1.29 is 9.53 Å². The molecule has 2 heterocycles. The molecule has 0 saturated heterocycles. The van der Waals surface area contributed by atoms with Crippen LogP contribution in [0.3, 0.4) is 0 Å². The predicted molar refractivity (Wildman–Crippen MR) is 66.2 cm³/mol. The van der Waals surface area contributed by atoms with Crippen LogP contribution in [0.25, 0.3) is 10.6 Å². The van der Waals surface area contributed by atoms with E-state index in [4.69, 9.17) is 0 Å². The quantitative estimate of drug-likeness (QED) is 0.766. The molecule has 0 N–H and O–H groups in total. The van der Waals surface area contributed by atoms with Gasteiger partial charge in [-0.25, -0.2) is 9.78 Å². The lowest BCUT2D eigenvalue weighted by Crippen LogP contribution is -2.01. The number of aryl methyl sites for hydroxylation is 2. The zero-order valence-electron chi connectivity index (χ0n) is 9.85. The van der Waals surface area contributed by atoms with Crippen molar-refractivity contribution in [1.29, 1.82) is 0 Å². The molecule has 0 aliphatic rings. The summed E-state index contributed by atoms with van der Waals surface area (Å²) in [7, 11) is 1.35. The molecule has 0 fully saturated rings. The average molecular weight is 248 g/mol. The second-order valence-corrected chi connectivity index (χ2v) is 4.53. The van der Waals surface area contributed by atoms with Crippen LogP contribution in [0.15, 0.2) is 17.5 Å². The topological polar surface area (TPSA) is 52.1 Å². The number of carbonyl (C=O) groups is 1.